The lowest BCUT2D eigenvalue weighted by Gasteiger charge is -2.30. The maximum Gasteiger partial charge on any atom is 0.266 e. The molecule has 1 fully saturated rings. The number of fused-ring (bicyclic) bond motifs is 1. The summed E-state index contributed by atoms with van der Waals surface area (Å²) in [4.78, 5) is 29.7. The van der Waals surface area contributed by atoms with Crippen LogP contribution in [-0.4, -0.2) is 34.1 Å². The van der Waals surface area contributed by atoms with Crippen molar-refractivity contribution in [2.45, 2.75) is 26.2 Å². The molecule has 2 aliphatic rings. The highest BCUT2D eigenvalue weighted by atomic mass is 32.2. The number of amides is 2. The molecule has 2 aromatic carbocycles. The number of thioether (sulfide) groups is 1. The Kier molecular flexibility index (Phi) is 5.83. The zero-order valence-corrected chi connectivity index (χ0v) is 17.9. The Morgan fingerprint density at radius 1 is 1.17 bits per heavy atom. The van der Waals surface area contributed by atoms with Crippen molar-refractivity contribution < 1.29 is 9.59 Å². The molecule has 0 unspecified atom stereocenters. The number of carbonyl (C=O) groups is 2. The van der Waals surface area contributed by atoms with Crippen molar-refractivity contribution in [2.24, 2.45) is 0 Å². The topological polar surface area (TPSA) is 40.6 Å². The van der Waals surface area contributed by atoms with Gasteiger partial charge in [0.05, 0.1) is 4.91 Å². The fraction of sp³-hybridized carbons (Fsp3) is 0.261. The van der Waals surface area contributed by atoms with Crippen molar-refractivity contribution in [3.63, 3.8) is 0 Å². The summed E-state index contributed by atoms with van der Waals surface area (Å²) in [6.07, 6.45) is 4.08. The van der Waals surface area contributed by atoms with Crippen LogP contribution >= 0.6 is 24.0 Å². The van der Waals surface area contributed by atoms with Crippen LogP contribution in [0.2, 0.25) is 0 Å². The van der Waals surface area contributed by atoms with Gasteiger partial charge in [-0.1, -0.05) is 72.0 Å². The van der Waals surface area contributed by atoms with E-state index in [2.05, 4.69) is 6.07 Å². The van der Waals surface area contributed by atoms with Gasteiger partial charge in [-0.15, -0.1) is 0 Å². The standard InChI is InChI=1S/C23H22N2O2S2/c1-16-8-10-17(11-9-16)15-20-22(27)25(23(28)29-20)14-12-21(26)24-13-4-6-18-5-2-3-7-19(18)24/h2-3,5,7-11,15H,4,6,12-14H2,1H3. The van der Waals surface area contributed by atoms with Gasteiger partial charge in [0.2, 0.25) is 5.91 Å². The molecule has 2 aromatic rings. The lowest BCUT2D eigenvalue weighted by atomic mass is 10.0. The Morgan fingerprint density at radius 2 is 1.93 bits per heavy atom. The van der Waals surface area contributed by atoms with Gasteiger partial charge in [-0.05, 0) is 43.0 Å². The third-order valence-corrected chi connectivity index (χ3v) is 6.59. The number of carbonyl (C=O) groups excluding carboxylic acids is 2. The number of nitrogens with zero attached hydrogens (tertiary/aromatic N) is 2. The van der Waals surface area contributed by atoms with Crippen LogP contribution < -0.4 is 4.90 Å². The molecular weight excluding hydrogens is 400 g/mol. The average molecular weight is 423 g/mol. The van der Waals surface area contributed by atoms with E-state index in [0.29, 0.717) is 15.8 Å². The number of rotatable bonds is 4. The van der Waals surface area contributed by atoms with Gasteiger partial charge >= 0.3 is 0 Å². The molecule has 4 rings (SSSR count). The van der Waals surface area contributed by atoms with E-state index in [1.165, 1.54) is 22.9 Å². The summed E-state index contributed by atoms with van der Waals surface area (Å²) in [7, 11) is 0. The molecule has 0 saturated carbocycles. The van der Waals surface area contributed by atoms with Crippen LogP contribution in [0.25, 0.3) is 6.08 Å². The van der Waals surface area contributed by atoms with Gasteiger partial charge in [0.1, 0.15) is 4.32 Å². The minimum Gasteiger partial charge on any atom is -0.312 e. The molecule has 148 valence electrons. The van der Waals surface area contributed by atoms with E-state index in [1.54, 1.807) is 4.90 Å². The fourth-order valence-electron chi connectivity index (χ4n) is 3.64. The maximum atomic E-state index is 12.9. The van der Waals surface area contributed by atoms with Crippen molar-refractivity contribution in [1.29, 1.82) is 0 Å². The van der Waals surface area contributed by atoms with Crippen molar-refractivity contribution in [3.8, 4) is 0 Å². The first-order chi connectivity index (χ1) is 14.0. The first kappa shape index (κ1) is 19.9. The van der Waals surface area contributed by atoms with Crippen LogP contribution in [0.15, 0.2) is 53.4 Å². The average Bonchev–Trinajstić information content (AvgIpc) is 3.00. The number of hydrogen-bond acceptors (Lipinski definition) is 4. The zero-order valence-electron chi connectivity index (χ0n) is 16.3. The van der Waals surface area contributed by atoms with Crippen LogP contribution in [0.4, 0.5) is 5.69 Å². The van der Waals surface area contributed by atoms with Gasteiger partial charge in [0.15, 0.2) is 0 Å². The van der Waals surface area contributed by atoms with Crippen LogP contribution in [0.1, 0.15) is 29.5 Å². The molecule has 29 heavy (non-hydrogen) atoms. The largest absolute Gasteiger partial charge is 0.312 e. The van der Waals surface area contributed by atoms with Gasteiger partial charge in [-0.3, -0.25) is 14.5 Å². The number of thiocarbonyl (C=S) groups is 1. The predicted molar refractivity (Wildman–Crippen MR) is 123 cm³/mol. The molecule has 6 heteroatoms. The Labute approximate surface area is 180 Å². The number of para-hydroxylation sites is 1. The van der Waals surface area contributed by atoms with E-state index < -0.39 is 0 Å². The molecule has 0 bridgehead atoms. The van der Waals surface area contributed by atoms with Crippen molar-refractivity contribution >= 4 is 51.9 Å². The number of hydrogen-bond donors (Lipinski definition) is 0. The van der Waals surface area contributed by atoms with Crippen LogP contribution in [-0.2, 0) is 16.0 Å². The first-order valence-electron chi connectivity index (χ1n) is 9.73. The highest BCUT2D eigenvalue weighted by molar-refractivity contribution is 8.26. The molecule has 2 aliphatic heterocycles. The normalized spacial score (nSPS) is 17.8. The van der Waals surface area contributed by atoms with Gasteiger partial charge in [-0.25, -0.2) is 0 Å². The van der Waals surface area contributed by atoms with Crippen molar-refractivity contribution in [2.75, 3.05) is 18.0 Å². The second kappa shape index (κ2) is 8.51. The SMILES string of the molecule is Cc1ccc(C=C2SC(=S)N(CCC(=O)N3CCCc4ccccc43)C2=O)cc1. The predicted octanol–water partition coefficient (Wildman–Crippen LogP) is 4.57. The summed E-state index contributed by atoms with van der Waals surface area (Å²) in [5, 5.41) is 0. The molecule has 0 atom stereocenters. The second-order valence-electron chi connectivity index (χ2n) is 7.27. The van der Waals surface area contributed by atoms with E-state index in [0.717, 1.165) is 30.6 Å². The van der Waals surface area contributed by atoms with E-state index >= 15 is 0 Å². The van der Waals surface area contributed by atoms with Crippen LogP contribution in [0, 0.1) is 6.92 Å². The smallest absolute Gasteiger partial charge is 0.266 e. The van der Waals surface area contributed by atoms with E-state index in [1.807, 2.05) is 60.4 Å². The lowest BCUT2D eigenvalue weighted by molar-refractivity contribution is -0.123. The summed E-state index contributed by atoms with van der Waals surface area (Å²) < 4.78 is 0.514. The minimum absolute atomic E-state index is 0.0358. The van der Waals surface area contributed by atoms with Crippen LogP contribution in [0.3, 0.4) is 0 Å². The fourth-order valence-corrected chi connectivity index (χ4v) is 4.95. The molecule has 2 amide bonds. The van der Waals surface area contributed by atoms with Gasteiger partial charge in [0.25, 0.3) is 5.91 Å². The minimum atomic E-state index is -0.118. The number of aryl methyl sites for hydroxylation is 2. The summed E-state index contributed by atoms with van der Waals surface area (Å²) in [6.45, 7) is 3.07. The zero-order chi connectivity index (χ0) is 20.4. The molecule has 2 heterocycles. The lowest BCUT2D eigenvalue weighted by Crippen LogP contribution is -2.38. The third-order valence-electron chi connectivity index (χ3n) is 5.21. The van der Waals surface area contributed by atoms with Gasteiger partial charge in [0, 0.05) is 25.2 Å². The number of benzene rings is 2. The van der Waals surface area contributed by atoms with Crippen molar-refractivity contribution in [3.05, 3.63) is 70.1 Å². The van der Waals surface area contributed by atoms with Crippen LogP contribution in [0.5, 0.6) is 0 Å². The third kappa shape index (κ3) is 4.28. The molecule has 0 spiro atoms. The van der Waals surface area contributed by atoms with Gasteiger partial charge < -0.3 is 4.90 Å². The maximum absolute atomic E-state index is 12.9. The molecule has 0 radical (unpaired) electrons. The highest BCUT2D eigenvalue weighted by Gasteiger charge is 2.33. The molecule has 1 saturated heterocycles. The summed E-state index contributed by atoms with van der Waals surface area (Å²) in [5.74, 6) is -0.0823. The van der Waals surface area contributed by atoms with Crippen molar-refractivity contribution in [1.82, 2.24) is 4.90 Å². The molecular formula is C23H22N2O2S2. The first-order valence-corrected chi connectivity index (χ1v) is 11.0. The molecule has 4 nitrogen and oxygen atoms in total. The Hall–Kier alpha value is -2.44. The highest BCUT2D eigenvalue weighted by Crippen LogP contribution is 2.33. The molecule has 0 N–H and O–H groups in total. The Morgan fingerprint density at radius 3 is 2.72 bits per heavy atom. The Balaban J connectivity index is 1.42. The summed E-state index contributed by atoms with van der Waals surface area (Å²) in [5.41, 5.74) is 4.34. The van der Waals surface area contributed by atoms with E-state index in [4.69, 9.17) is 12.2 Å². The van der Waals surface area contributed by atoms with E-state index in [9.17, 15) is 9.59 Å². The Bertz CT molecular complexity index is 998. The van der Waals surface area contributed by atoms with Gasteiger partial charge in [-0.2, -0.15) is 0 Å². The monoisotopic (exact) mass is 422 g/mol. The molecule has 0 aliphatic carbocycles. The second-order valence-corrected chi connectivity index (χ2v) is 8.95. The molecule has 0 aromatic heterocycles. The summed E-state index contributed by atoms with van der Waals surface area (Å²) >= 11 is 6.71. The summed E-state index contributed by atoms with van der Waals surface area (Å²) in [6, 6.07) is 16.0. The van der Waals surface area contributed by atoms with E-state index in [-0.39, 0.29) is 18.2 Å². The quantitative estimate of drug-likeness (QED) is 0.535. The number of anilines is 1.